The molecule has 0 radical (unpaired) electrons. The molecule has 0 saturated heterocycles. The summed E-state index contributed by atoms with van der Waals surface area (Å²) in [7, 11) is 0. The fraction of sp³-hybridized carbons (Fsp3) is 0.114. The van der Waals surface area contributed by atoms with E-state index in [1.54, 1.807) is 0 Å². The lowest BCUT2D eigenvalue weighted by Gasteiger charge is -2.23. The van der Waals surface area contributed by atoms with Crippen molar-refractivity contribution in [3.05, 3.63) is 150 Å². The van der Waals surface area contributed by atoms with Crippen molar-refractivity contribution in [2.24, 2.45) is 0 Å². The third-order valence-corrected chi connectivity index (χ3v) is 11.4. The monoisotopic (exact) mass is 633 g/mol. The van der Waals surface area contributed by atoms with Gasteiger partial charge >= 0.3 is 0 Å². The quantitative estimate of drug-likeness (QED) is 0.181. The highest BCUT2D eigenvalue weighted by molar-refractivity contribution is 7.26. The minimum Gasteiger partial charge on any atom is -0.302 e. The summed E-state index contributed by atoms with van der Waals surface area (Å²) in [6.07, 6.45) is 3.12. The summed E-state index contributed by atoms with van der Waals surface area (Å²) in [5.41, 5.74) is 15.9. The second-order valence-electron chi connectivity index (χ2n) is 13.5. The number of para-hydroxylation sites is 1. The standard InChI is InChI=1S/C44H31N3S/c1-26-21-22-30(43-45-41(27-13-5-4-6-14-27)40-28-15-7-10-18-32(28)44(2,3)42(40)46-43)35(25-26)47-33-19-11-8-16-29(33)38-34(47)23-24-37-39(38)31-17-9-12-20-36(31)48-37/h4-20,22-24H,21H2,1-3H3. The highest BCUT2D eigenvalue weighted by Crippen LogP contribution is 2.52. The summed E-state index contributed by atoms with van der Waals surface area (Å²) < 4.78 is 5.03. The van der Waals surface area contributed by atoms with Crippen molar-refractivity contribution in [1.29, 1.82) is 0 Å². The summed E-state index contributed by atoms with van der Waals surface area (Å²) in [5, 5.41) is 5.16. The Kier molecular flexibility index (Phi) is 5.73. The van der Waals surface area contributed by atoms with Gasteiger partial charge in [0.2, 0.25) is 0 Å². The number of aromatic nitrogens is 3. The zero-order valence-corrected chi connectivity index (χ0v) is 27.8. The molecule has 0 amide bonds. The van der Waals surface area contributed by atoms with Gasteiger partial charge in [0.25, 0.3) is 0 Å². The van der Waals surface area contributed by atoms with E-state index in [0.717, 1.165) is 51.5 Å². The maximum absolute atomic E-state index is 5.50. The number of nitrogens with zero attached hydrogens (tertiary/aromatic N) is 3. The van der Waals surface area contributed by atoms with Crippen LogP contribution in [0.5, 0.6) is 0 Å². The number of rotatable bonds is 3. The summed E-state index contributed by atoms with van der Waals surface area (Å²) >= 11 is 1.87. The van der Waals surface area contributed by atoms with Crippen LogP contribution in [0.1, 0.15) is 44.3 Å². The lowest BCUT2D eigenvalue weighted by Crippen LogP contribution is -2.18. The molecule has 0 saturated carbocycles. The molecule has 0 N–H and O–H groups in total. The van der Waals surface area contributed by atoms with Gasteiger partial charge in [-0.05, 0) is 54.3 Å². The molecule has 3 heterocycles. The number of benzene rings is 5. The summed E-state index contributed by atoms with van der Waals surface area (Å²) in [6, 6.07) is 41.5. The van der Waals surface area contributed by atoms with Gasteiger partial charge in [0.05, 0.1) is 28.1 Å². The van der Waals surface area contributed by atoms with Crippen LogP contribution < -0.4 is 0 Å². The first-order valence-corrected chi connectivity index (χ1v) is 17.4. The molecule has 48 heavy (non-hydrogen) atoms. The number of thiophene rings is 1. The van der Waals surface area contributed by atoms with Crippen LogP contribution in [0, 0.1) is 0 Å². The predicted octanol–water partition coefficient (Wildman–Crippen LogP) is 11.8. The molecular weight excluding hydrogens is 603 g/mol. The maximum Gasteiger partial charge on any atom is 0.162 e. The third kappa shape index (κ3) is 3.76. The summed E-state index contributed by atoms with van der Waals surface area (Å²) in [6.45, 7) is 6.76. The fourth-order valence-corrected chi connectivity index (χ4v) is 9.14. The van der Waals surface area contributed by atoms with E-state index < -0.39 is 0 Å². The zero-order valence-electron chi connectivity index (χ0n) is 27.0. The molecule has 0 unspecified atom stereocenters. The smallest absolute Gasteiger partial charge is 0.162 e. The van der Waals surface area contributed by atoms with Crippen molar-refractivity contribution in [3.63, 3.8) is 0 Å². The molecule has 10 rings (SSSR count). The first kappa shape index (κ1) is 27.6. The van der Waals surface area contributed by atoms with Gasteiger partial charge in [-0.2, -0.15) is 0 Å². The maximum atomic E-state index is 5.50. The molecule has 0 spiro atoms. The van der Waals surface area contributed by atoms with Crippen LogP contribution in [0.4, 0.5) is 0 Å². The Morgan fingerprint density at radius 1 is 0.708 bits per heavy atom. The van der Waals surface area contributed by atoms with Crippen LogP contribution in [0.2, 0.25) is 0 Å². The molecule has 0 bridgehead atoms. The van der Waals surface area contributed by atoms with E-state index in [4.69, 9.17) is 9.97 Å². The second kappa shape index (κ2) is 9.98. The molecule has 5 aromatic carbocycles. The Morgan fingerprint density at radius 3 is 2.33 bits per heavy atom. The normalized spacial score (nSPS) is 15.1. The SMILES string of the molecule is CC1=C=C(n2c3ccccc3c3c4c(ccc32)sc2ccccc24)C(c2nc(-c3ccccc3)c3c(n2)C(C)(C)c2ccccc2-3)=CC1. The van der Waals surface area contributed by atoms with Crippen LogP contribution in [-0.2, 0) is 5.41 Å². The molecule has 3 aromatic heterocycles. The first-order valence-electron chi connectivity index (χ1n) is 16.6. The number of allylic oxidation sites excluding steroid dienone is 3. The van der Waals surface area contributed by atoms with E-state index >= 15 is 0 Å². The van der Waals surface area contributed by atoms with Crippen LogP contribution in [-0.4, -0.2) is 14.5 Å². The van der Waals surface area contributed by atoms with Gasteiger partial charge in [0, 0.05) is 53.1 Å². The van der Waals surface area contributed by atoms with Crippen molar-refractivity contribution in [2.45, 2.75) is 32.6 Å². The van der Waals surface area contributed by atoms with Crippen molar-refractivity contribution in [2.75, 3.05) is 0 Å². The van der Waals surface area contributed by atoms with Crippen LogP contribution in [0.15, 0.2) is 133 Å². The average molecular weight is 634 g/mol. The van der Waals surface area contributed by atoms with Crippen LogP contribution in [0.25, 0.3) is 75.6 Å². The Bertz CT molecular complexity index is 2770. The number of fused-ring (bicyclic) bond motifs is 10. The predicted molar refractivity (Wildman–Crippen MR) is 202 cm³/mol. The minimum absolute atomic E-state index is 0.267. The van der Waals surface area contributed by atoms with E-state index in [1.165, 1.54) is 53.2 Å². The Labute approximate surface area is 282 Å². The molecule has 8 aromatic rings. The van der Waals surface area contributed by atoms with Gasteiger partial charge in [-0.1, -0.05) is 117 Å². The molecular formula is C44H31N3S. The first-order chi connectivity index (χ1) is 23.5. The fourth-order valence-electron chi connectivity index (χ4n) is 8.03. The molecule has 4 heteroatoms. The molecule has 0 aliphatic heterocycles. The Morgan fingerprint density at radius 2 is 1.46 bits per heavy atom. The molecule has 2 aliphatic rings. The number of hydrogen-bond acceptors (Lipinski definition) is 3. The van der Waals surface area contributed by atoms with Gasteiger partial charge in [-0.15, -0.1) is 11.3 Å². The Hall–Kier alpha value is -5.54. The lowest BCUT2D eigenvalue weighted by atomic mass is 9.85. The van der Waals surface area contributed by atoms with E-state index in [-0.39, 0.29) is 5.41 Å². The molecule has 3 nitrogen and oxygen atoms in total. The van der Waals surface area contributed by atoms with Crippen LogP contribution >= 0.6 is 11.3 Å². The second-order valence-corrected chi connectivity index (χ2v) is 14.6. The topological polar surface area (TPSA) is 30.7 Å². The highest BCUT2D eigenvalue weighted by Gasteiger charge is 2.40. The zero-order chi connectivity index (χ0) is 32.1. The van der Waals surface area contributed by atoms with E-state index in [2.05, 4.69) is 152 Å². The lowest BCUT2D eigenvalue weighted by molar-refractivity contribution is 0.634. The van der Waals surface area contributed by atoms with Crippen molar-refractivity contribution < 1.29 is 0 Å². The summed E-state index contributed by atoms with van der Waals surface area (Å²) in [5.74, 6) is 0.747. The number of hydrogen-bond donors (Lipinski definition) is 0. The van der Waals surface area contributed by atoms with Gasteiger partial charge in [0.1, 0.15) is 0 Å². The van der Waals surface area contributed by atoms with Gasteiger partial charge in [0.15, 0.2) is 5.82 Å². The average Bonchev–Trinajstić information content (AvgIpc) is 3.74. The Balaban J connectivity index is 1.27. The van der Waals surface area contributed by atoms with Crippen LogP contribution in [0.3, 0.4) is 0 Å². The molecule has 228 valence electrons. The van der Waals surface area contributed by atoms with Gasteiger partial charge < -0.3 is 4.57 Å². The molecule has 0 atom stereocenters. The van der Waals surface area contributed by atoms with E-state index in [9.17, 15) is 0 Å². The van der Waals surface area contributed by atoms with Crippen molar-refractivity contribution in [3.8, 4) is 22.4 Å². The van der Waals surface area contributed by atoms with Gasteiger partial charge in [-0.25, -0.2) is 9.97 Å². The van der Waals surface area contributed by atoms with E-state index in [1.807, 2.05) is 11.3 Å². The molecule has 2 aliphatic carbocycles. The van der Waals surface area contributed by atoms with Crippen molar-refractivity contribution in [1.82, 2.24) is 14.5 Å². The van der Waals surface area contributed by atoms with Crippen molar-refractivity contribution >= 4 is 64.6 Å². The van der Waals surface area contributed by atoms with E-state index in [0.29, 0.717) is 0 Å². The summed E-state index contributed by atoms with van der Waals surface area (Å²) in [4.78, 5) is 11.0. The molecule has 0 fully saturated rings. The minimum atomic E-state index is -0.267. The largest absolute Gasteiger partial charge is 0.302 e. The third-order valence-electron chi connectivity index (χ3n) is 10.3. The van der Waals surface area contributed by atoms with Gasteiger partial charge in [-0.3, -0.25) is 0 Å². The highest BCUT2D eigenvalue weighted by atomic mass is 32.1.